The van der Waals surface area contributed by atoms with Gasteiger partial charge in [0.05, 0.1) is 17.6 Å². The number of hydrogen-bond donors (Lipinski definition) is 0. The molecule has 0 saturated heterocycles. The van der Waals surface area contributed by atoms with E-state index >= 15 is 0 Å². The van der Waals surface area contributed by atoms with Crippen LogP contribution in [0.1, 0.15) is 11.1 Å². The number of aromatic nitrogens is 4. The summed E-state index contributed by atoms with van der Waals surface area (Å²) in [5.74, 6) is 2.59. The first-order valence-corrected chi connectivity index (χ1v) is 11.0. The number of aryl methyl sites for hydroxylation is 1. The topological polar surface area (TPSA) is 44.4 Å². The van der Waals surface area contributed by atoms with Crippen LogP contribution in [-0.2, 0) is 12.3 Å². The Labute approximate surface area is 179 Å². The SMILES string of the molecule is Cc1ccc(OCCn2c3ccccc3n3c(SCc4ccccc4)nnc23)cc1. The van der Waals surface area contributed by atoms with Crippen LogP contribution in [-0.4, -0.2) is 25.8 Å². The molecule has 0 bridgehead atoms. The second-order valence-electron chi connectivity index (χ2n) is 7.19. The Morgan fingerprint density at radius 2 is 1.57 bits per heavy atom. The van der Waals surface area contributed by atoms with Crippen molar-refractivity contribution in [2.24, 2.45) is 0 Å². The summed E-state index contributed by atoms with van der Waals surface area (Å²) < 4.78 is 10.3. The highest BCUT2D eigenvalue weighted by Crippen LogP contribution is 2.27. The highest BCUT2D eigenvalue weighted by molar-refractivity contribution is 7.98. The van der Waals surface area contributed by atoms with Crippen molar-refractivity contribution in [2.75, 3.05) is 6.61 Å². The molecule has 3 aromatic carbocycles. The minimum absolute atomic E-state index is 0.566. The highest BCUT2D eigenvalue weighted by Gasteiger charge is 2.17. The molecule has 0 saturated carbocycles. The van der Waals surface area contributed by atoms with E-state index in [4.69, 9.17) is 4.74 Å². The predicted octanol–water partition coefficient (Wildman–Crippen LogP) is 5.36. The molecule has 30 heavy (non-hydrogen) atoms. The molecule has 0 spiro atoms. The highest BCUT2D eigenvalue weighted by atomic mass is 32.2. The summed E-state index contributed by atoms with van der Waals surface area (Å²) in [6.45, 7) is 3.34. The van der Waals surface area contributed by atoms with Gasteiger partial charge in [0.1, 0.15) is 12.4 Å². The Balaban J connectivity index is 1.41. The molecule has 0 aliphatic carbocycles. The van der Waals surface area contributed by atoms with Crippen LogP contribution in [0.25, 0.3) is 16.8 Å². The van der Waals surface area contributed by atoms with E-state index in [-0.39, 0.29) is 0 Å². The van der Waals surface area contributed by atoms with Crippen LogP contribution in [0.5, 0.6) is 5.75 Å². The lowest BCUT2D eigenvalue weighted by atomic mass is 10.2. The van der Waals surface area contributed by atoms with Crippen molar-refractivity contribution in [2.45, 2.75) is 24.4 Å². The smallest absolute Gasteiger partial charge is 0.237 e. The number of thioether (sulfide) groups is 1. The average molecular weight is 415 g/mol. The van der Waals surface area contributed by atoms with Gasteiger partial charge in [0.25, 0.3) is 0 Å². The summed E-state index contributed by atoms with van der Waals surface area (Å²) in [5, 5.41) is 9.88. The molecule has 6 heteroatoms. The number of nitrogens with zero attached hydrogens (tertiary/aromatic N) is 4. The molecule has 0 amide bonds. The number of fused-ring (bicyclic) bond motifs is 3. The van der Waals surface area contributed by atoms with Crippen molar-refractivity contribution < 1.29 is 4.74 Å². The normalized spacial score (nSPS) is 11.4. The summed E-state index contributed by atoms with van der Waals surface area (Å²) in [4.78, 5) is 0. The lowest BCUT2D eigenvalue weighted by Gasteiger charge is -2.08. The molecule has 2 aromatic heterocycles. The zero-order valence-corrected chi connectivity index (χ0v) is 17.5. The first-order chi connectivity index (χ1) is 14.8. The Hall–Kier alpha value is -3.25. The van der Waals surface area contributed by atoms with Crippen LogP contribution in [0.2, 0.25) is 0 Å². The van der Waals surface area contributed by atoms with Crippen molar-refractivity contribution in [3.05, 3.63) is 90.0 Å². The first kappa shape index (κ1) is 18.8. The van der Waals surface area contributed by atoms with Gasteiger partial charge in [0.2, 0.25) is 5.78 Å². The van der Waals surface area contributed by atoms with Crippen molar-refractivity contribution in [1.29, 1.82) is 0 Å². The van der Waals surface area contributed by atoms with E-state index in [2.05, 4.69) is 86.8 Å². The lowest BCUT2D eigenvalue weighted by molar-refractivity contribution is 0.301. The molecule has 0 atom stereocenters. The molecular weight excluding hydrogens is 392 g/mol. The van der Waals surface area contributed by atoms with Crippen LogP contribution in [0.4, 0.5) is 0 Å². The summed E-state index contributed by atoms with van der Waals surface area (Å²) in [7, 11) is 0. The molecule has 5 aromatic rings. The van der Waals surface area contributed by atoms with Gasteiger partial charge in [0.15, 0.2) is 5.16 Å². The fourth-order valence-corrected chi connectivity index (χ4v) is 4.46. The third-order valence-electron chi connectivity index (χ3n) is 5.09. The summed E-state index contributed by atoms with van der Waals surface area (Å²) >= 11 is 1.70. The van der Waals surface area contributed by atoms with Gasteiger partial charge in [-0.15, -0.1) is 10.2 Å². The van der Waals surface area contributed by atoms with Crippen LogP contribution in [0.15, 0.2) is 84.0 Å². The first-order valence-electron chi connectivity index (χ1n) is 9.98. The van der Waals surface area contributed by atoms with Crippen molar-refractivity contribution in [3.63, 3.8) is 0 Å². The Bertz CT molecular complexity index is 1280. The molecule has 0 N–H and O–H groups in total. The number of imidazole rings is 1. The van der Waals surface area contributed by atoms with Gasteiger partial charge in [-0.1, -0.05) is 71.9 Å². The maximum atomic E-state index is 5.96. The molecule has 0 aliphatic heterocycles. The monoisotopic (exact) mass is 414 g/mol. The molecular formula is C24H22N4OS. The molecule has 0 fully saturated rings. The Morgan fingerprint density at radius 1 is 0.833 bits per heavy atom. The van der Waals surface area contributed by atoms with Gasteiger partial charge in [-0.3, -0.25) is 4.40 Å². The standard InChI is InChI=1S/C24H22N4OS/c1-18-11-13-20(14-12-18)29-16-15-27-21-9-5-6-10-22(21)28-23(27)25-26-24(28)30-17-19-7-3-2-4-8-19/h2-14H,15-17H2,1H3. The van der Waals surface area contributed by atoms with E-state index in [0.29, 0.717) is 13.2 Å². The van der Waals surface area contributed by atoms with E-state index in [1.165, 1.54) is 11.1 Å². The average Bonchev–Trinajstić information content (AvgIpc) is 3.33. The summed E-state index contributed by atoms with van der Waals surface area (Å²) in [6.07, 6.45) is 0. The summed E-state index contributed by atoms with van der Waals surface area (Å²) in [6, 6.07) is 26.9. The van der Waals surface area contributed by atoms with Gasteiger partial charge in [-0.05, 0) is 36.8 Å². The zero-order valence-electron chi connectivity index (χ0n) is 16.7. The van der Waals surface area contributed by atoms with Crippen LogP contribution < -0.4 is 4.74 Å². The number of ether oxygens (including phenoxy) is 1. The van der Waals surface area contributed by atoms with Crippen LogP contribution in [0, 0.1) is 6.92 Å². The molecule has 150 valence electrons. The van der Waals surface area contributed by atoms with Crippen molar-refractivity contribution >= 4 is 28.6 Å². The van der Waals surface area contributed by atoms with Gasteiger partial charge in [-0.2, -0.15) is 0 Å². The van der Waals surface area contributed by atoms with Crippen molar-refractivity contribution in [3.8, 4) is 5.75 Å². The number of benzene rings is 3. The Morgan fingerprint density at radius 3 is 2.37 bits per heavy atom. The summed E-state index contributed by atoms with van der Waals surface area (Å²) in [5.41, 5.74) is 4.75. The number of hydrogen-bond acceptors (Lipinski definition) is 4. The van der Waals surface area contributed by atoms with Crippen LogP contribution in [0.3, 0.4) is 0 Å². The fraction of sp³-hybridized carbons (Fsp3) is 0.167. The van der Waals surface area contributed by atoms with E-state index in [0.717, 1.165) is 33.5 Å². The quantitative estimate of drug-likeness (QED) is 0.336. The molecule has 0 unspecified atom stereocenters. The van der Waals surface area contributed by atoms with E-state index in [1.54, 1.807) is 11.8 Å². The molecule has 0 radical (unpaired) electrons. The van der Waals surface area contributed by atoms with Crippen molar-refractivity contribution in [1.82, 2.24) is 19.2 Å². The van der Waals surface area contributed by atoms with Gasteiger partial charge >= 0.3 is 0 Å². The van der Waals surface area contributed by atoms with E-state index < -0.39 is 0 Å². The predicted molar refractivity (Wildman–Crippen MR) is 121 cm³/mol. The second kappa shape index (κ2) is 8.24. The van der Waals surface area contributed by atoms with E-state index in [1.807, 2.05) is 18.2 Å². The molecule has 5 rings (SSSR count). The zero-order chi connectivity index (χ0) is 20.3. The van der Waals surface area contributed by atoms with Gasteiger partial charge in [-0.25, -0.2) is 0 Å². The second-order valence-corrected chi connectivity index (χ2v) is 8.14. The largest absolute Gasteiger partial charge is 0.492 e. The van der Waals surface area contributed by atoms with E-state index in [9.17, 15) is 0 Å². The lowest BCUT2D eigenvalue weighted by Crippen LogP contribution is -2.08. The Kier molecular flexibility index (Phi) is 5.15. The molecule has 5 nitrogen and oxygen atoms in total. The minimum atomic E-state index is 0.566. The maximum absolute atomic E-state index is 5.96. The molecule has 0 aliphatic rings. The molecule has 2 heterocycles. The minimum Gasteiger partial charge on any atom is -0.492 e. The fourth-order valence-electron chi connectivity index (χ4n) is 3.56. The third-order valence-corrected chi connectivity index (χ3v) is 6.09. The number of rotatable bonds is 7. The van der Waals surface area contributed by atoms with Crippen LogP contribution >= 0.6 is 11.8 Å². The van der Waals surface area contributed by atoms with Gasteiger partial charge in [0, 0.05) is 5.75 Å². The maximum Gasteiger partial charge on any atom is 0.237 e. The van der Waals surface area contributed by atoms with Gasteiger partial charge < -0.3 is 9.30 Å². The number of para-hydroxylation sites is 2. The third kappa shape index (κ3) is 3.66.